The quantitative estimate of drug-likeness (QED) is 0.174. The molecule has 13 rings (SSSR count). The topological polar surface area (TPSA) is 21.3 Å². The first kappa shape index (κ1) is 34.0. The summed E-state index contributed by atoms with van der Waals surface area (Å²) >= 11 is 0. The van der Waals surface area contributed by atoms with Gasteiger partial charge in [0.05, 0.1) is 16.7 Å². The largest absolute Gasteiger partial charge is 0.454 e. The van der Waals surface area contributed by atoms with Gasteiger partial charge in [-0.2, -0.15) is 0 Å². The number of aromatic nitrogens is 1. The molecule has 0 unspecified atom stereocenters. The maximum absolute atomic E-state index is 6.78. The highest BCUT2D eigenvalue weighted by molar-refractivity contribution is 6.14. The van der Waals surface area contributed by atoms with E-state index >= 15 is 0 Å². The maximum Gasteiger partial charge on any atom is 0.159 e. The minimum atomic E-state index is 0.893. The van der Waals surface area contributed by atoms with Gasteiger partial charge in [0.15, 0.2) is 5.58 Å². The number of nitrogens with zero attached hydrogens (tertiary/aromatic N) is 2. The van der Waals surface area contributed by atoms with Crippen LogP contribution >= 0.6 is 0 Å². The van der Waals surface area contributed by atoms with Crippen LogP contribution in [-0.4, -0.2) is 4.57 Å². The fourth-order valence-electron chi connectivity index (χ4n) is 10.1. The average molecular weight is 779 g/mol. The molecular weight excluding hydrogens is 741 g/mol. The van der Waals surface area contributed by atoms with Crippen molar-refractivity contribution in [1.29, 1.82) is 0 Å². The summed E-state index contributed by atoms with van der Waals surface area (Å²) in [4.78, 5) is 2.43. The molecule has 61 heavy (non-hydrogen) atoms. The van der Waals surface area contributed by atoms with Crippen LogP contribution in [0.1, 0.15) is 11.1 Å². The fraction of sp³-hybridized carbons (Fsp3) is 0.0345. The van der Waals surface area contributed by atoms with E-state index in [1.807, 2.05) is 6.07 Å². The molecule has 0 radical (unpaired) electrons. The molecule has 0 spiro atoms. The van der Waals surface area contributed by atoms with Crippen LogP contribution in [0.3, 0.4) is 0 Å². The van der Waals surface area contributed by atoms with Crippen molar-refractivity contribution < 1.29 is 4.42 Å². The predicted molar refractivity (Wildman–Crippen MR) is 257 cm³/mol. The Morgan fingerprint density at radius 2 is 1.00 bits per heavy atom. The smallest absolute Gasteiger partial charge is 0.159 e. The number of hydrogen-bond acceptors (Lipinski definition) is 2. The number of hydrogen-bond donors (Lipinski definition) is 0. The van der Waals surface area contributed by atoms with Crippen LogP contribution < -0.4 is 4.90 Å². The predicted octanol–water partition coefficient (Wildman–Crippen LogP) is 16.4. The fourth-order valence-corrected chi connectivity index (χ4v) is 10.1. The number of anilines is 3. The Morgan fingerprint density at radius 3 is 1.72 bits per heavy atom. The van der Waals surface area contributed by atoms with E-state index in [1.165, 1.54) is 88.0 Å². The van der Waals surface area contributed by atoms with Gasteiger partial charge in [0.2, 0.25) is 0 Å². The lowest BCUT2D eigenvalue weighted by Gasteiger charge is -2.30. The van der Waals surface area contributed by atoms with Gasteiger partial charge in [-0.1, -0.05) is 121 Å². The second-order valence-electron chi connectivity index (χ2n) is 16.6. The van der Waals surface area contributed by atoms with E-state index in [2.05, 4.69) is 211 Å². The normalized spacial score (nSPS) is 12.1. The van der Waals surface area contributed by atoms with E-state index in [0.29, 0.717) is 0 Å². The van der Waals surface area contributed by atoms with Crippen LogP contribution in [0.15, 0.2) is 199 Å². The first-order chi connectivity index (χ1) is 30.1. The molecule has 0 fully saturated rings. The number of benzene rings is 10. The first-order valence-corrected chi connectivity index (χ1v) is 21.1. The summed E-state index contributed by atoms with van der Waals surface area (Å²) in [6.07, 6.45) is 0. The molecule has 12 aromatic rings. The third-order valence-corrected chi connectivity index (χ3v) is 13.1. The molecule has 286 valence electrons. The molecule has 0 bridgehead atoms. The average Bonchev–Trinajstić information content (AvgIpc) is 3.85. The van der Waals surface area contributed by atoms with Crippen LogP contribution in [0.4, 0.5) is 17.1 Å². The van der Waals surface area contributed by atoms with Crippen molar-refractivity contribution in [3.63, 3.8) is 0 Å². The highest BCUT2D eigenvalue weighted by Gasteiger charge is 2.27. The molecule has 0 saturated heterocycles. The van der Waals surface area contributed by atoms with Crippen molar-refractivity contribution in [2.24, 2.45) is 0 Å². The zero-order valence-electron chi connectivity index (χ0n) is 33.8. The summed E-state index contributed by atoms with van der Waals surface area (Å²) in [7, 11) is 0. The molecule has 0 atom stereocenters. The molecule has 0 saturated carbocycles. The Labute approximate surface area is 353 Å². The molecular formula is C58H38N2O. The van der Waals surface area contributed by atoms with E-state index in [0.717, 1.165) is 44.6 Å². The van der Waals surface area contributed by atoms with E-state index in [9.17, 15) is 0 Å². The monoisotopic (exact) mass is 778 g/mol. The van der Waals surface area contributed by atoms with Gasteiger partial charge in [-0.15, -0.1) is 0 Å². The first-order valence-electron chi connectivity index (χ1n) is 21.1. The van der Waals surface area contributed by atoms with Gasteiger partial charge in [-0.05, 0) is 153 Å². The van der Waals surface area contributed by atoms with E-state index in [-0.39, 0.29) is 0 Å². The third-order valence-electron chi connectivity index (χ3n) is 13.1. The molecule has 0 N–H and O–H groups in total. The summed E-state index contributed by atoms with van der Waals surface area (Å²) in [5.74, 6) is 0. The van der Waals surface area contributed by atoms with Crippen molar-refractivity contribution >= 4 is 82.4 Å². The minimum absolute atomic E-state index is 0.893. The van der Waals surface area contributed by atoms with Crippen LogP contribution in [0, 0.1) is 13.8 Å². The second-order valence-corrected chi connectivity index (χ2v) is 16.6. The van der Waals surface area contributed by atoms with E-state index < -0.39 is 0 Å². The van der Waals surface area contributed by atoms with Crippen LogP contribution in [0.2, 0.25) is 0 Å². The third kappa shape index (κ3) is 5.04. The summed E-state index contributed by atoms with van der Waals surface area (Å²) in [5, 5.41) is 9.72. The Hall–Kier alpha value is -7.88. The van der Waals surface area contributed by atoms with Crippen molar-refractivity contribution in [2.75, 3.05) is 4.90 Å². The van der Waals surface area contributed by atoms with E-state index in [1.54, 1.807) is 0 Å². The van der Waals surface area contributed by atoms with Crippen molar-refractivity contribution in [3.05, 3.63) is 205 Å². The lowest BCUT2D eigenvalue weighted by molar-refractivity contribution is 0.668. The number of rotatable bonds is 5. The van der Waals surface area contributed by atoms with Crippen LogP contribution in [0.25, 0.3) is 104 Å². The van der Waals surface area contributed by atoms with Gasteiger partial charge in [0, 0.05) is 38.6 Å². The zero-order valence-corrected chi connectivity index (χ0v) is 33.8. The highest BCUT2D eigenvalue weighted by Crippen LogP contribution is 2.52. The van der Waals surface area contributed by atoms with Gasteiger partial charge in [-0.3, -0.25) is 0 Å². The van der Waals surface area contributed by atoms with Gasteiger partial charge in [0.25, 0.3) is 0 Å². The SMILES string of the molecule is Cc1ccc(-c2ccccc2)cc1N(c1ccc2cc3c(cc2c1)-c1cc2cc(-n4c5ccccc5c5ccccc54)ccc2cc1-3)c1c(C)ccc2c1oc1ccccc12. The van der Waals surface area contributed by atoms with Crippen molar-refractivity contribution in [3.8, 4) is 39.1 Å². The van der Waals surface area contributed by atoms with Crippen molar-refractivity contribution in [2.45, 2.75) is 13.8 Å². The lowest BCUT2D eigenvalue weighted by atomic mass is 9.78. The van der Waals surface area contributed by atoms with Gasteiger partial charge >= 0.3 is 0 Å². The lowest BCUT2D eigenvalue weighted by Crippen LogP contribution is -2.13. The Kier molecular flexibility index (Phi) is 7.15. The Bertz CT molecular complexity index is 3740. The summed E-state index contributed by atoms with van der Waals surface area (Å²) in [6, 6.07) is 71.1. The molecule has 10 aromatic carbocycles. The Morgan fingerprint density at radius 1 is 0.410 bits per heavy atom. The standard InChI is InChI=1S/C58H38N2O/c1-35-20-22-40(37-12-4-3-5-13-37)34-55(35)60(57-36(2)21-27-48-47-16-8-11-19-56(47)61-58(48)57)44-26-24-39-31-50-49-30-38-23-25-43(28-41(38)32-51(49)52(50)33-42(39)29-44)59-53-17-9-6-14-45(53)46-15-7-10-18-54(46)59/h3-34H,1-2H3. The van der Waals surface area contributed by atoms with Crippen LogP contribution in [0.5, 0.6) is 0 Å². The zero-order chi connectivity index (χ0) is 40.3. The summed E-state index contributed by atoms with van der Waals surface area (Å²) < 4.78 is 9.19. The Balaban J connectivity index is 0.974. The molecule has 0 amide bonds. The van der Waals surface area contributed by atoms with Gasteiger partial charge < -0.3 is 13.9 Å². The molecule has 3 nitrogen and oxygen atoms in total. The molecule has 2 heterocycles. The van der Waals surface area contributed by atoms with Crippen molar-refractivity contribution in [1.82, 2.24) is 4.57 Å². The highest BCUT2D eigenvalue weighted by atomic mass is 16.3. The number of para-hydroxylation sites is 3. The van der Waals surface area contributed by atoms with E-state index in [4.69, 9.17) is 4.42 Å². The molecule has 0 aliphatic heterocycles. The molecule has 1 aliphatic carbocycles. The number of aryl methyl sites for hydroxylation is 2. The number of fused-ring (bicyclic) bond motifs is 12. The van der Waals surface area contributed by atoms with Gasteiger partial charge in [-0.25, -0.2) is 0 Å². The number of furan rings is 1. The summed E-state index contributed by atoms with van der Waals surface area (Å²) in [5.41, 5.74) is 18.6. The van der Waals surface area contributed by atoms with Crippen LogP contribution in [-0.2, 0) is 0 Å². The molecule has 1 aliphatic rings. The molecule has 2 aromatic heterocycles. The maximum atomic E-state index is 6.78. The van der Waals surface area contributed by atoms with Gasteiger partial charge in [0.1, 0.15) is 5.58 Å². The minimum Gasteiger partial charge on any atom is -0.454 e. The summed E-state index contributed by atoms with van der Waals surface area (Å²) in [6.45, 7) is 4.41. The molecule has 3 heteroatoms. The second kappa shape index (κ2) is 12.8.